The first-order valence-corrected chi connectivity index (χ1v) is 8.18. The summed E-state index contributed by atoms with van der Waals surface area (Å²) in [7, 11) is 6.21. The van der Waals surface area contributed by atoms with Gasteiger partial charge in [0.15, 0.2) is 0 Å². The standard InChI is InChI=1S/C18H28N2O/c1-20(2)18(9-6-10-18)13-19-15-11-14(12-15)16-7-4-5-8-17(16)21-3/h4-5,7-8,14-15,19H,6,9-13H2,1-3H3. The highest BCUT2D eigenvalue weighted by molar-refractivity contribution is 5.37. The van der Waals surface area contributed by atoms with E-state index in [0.29, 0.717) is 17.5 Å². The smallest absolute Gasteiger partial charge is 0.122 e. The third-order valence-corrected chi connectivity index (χ3v) is 5.67. The van der Waals surface area contributed by atoms with Gasteiger partial charge in [-0.15, -0.1) is 0 Å². The van der Waals surface area contributed by atoms with Crippen LogP contribution < -0.4 is 10.1 Å². The first-order chi connectivity index (χ1) is 10.1. The molecule has 0 radical (unpaired) electrons. The molecule has 0 aliphatic heterocycles. The van der Waals surface area contributed by atoms with Crippen LogP contribution in [0.3, 0.4) is 0 Å². The van der Waals surface area contributed by atoms with Gasteiger partial charge in [0.05, 0.1) is 7.11 Å². The van der Waals surface area contributed by atoms with Crippen molar-refractivity contribution in [2.75, 3.05) is 27.7 Å². The zero-order valence-electron chi connectivity index (χ0n) is 13.6. The van der Waals surface area contributed by atoms with Crippen molar-refractivity contribution in [3.63, 3.8) is 0 Å². The lowest BCUT2D eigenvalue weighted by Gasteiger charge is -2.49. The fourth-order valence-corrected chi connectivity index (χ4v) is 3.74. The van der Waals surface area contributed by atoms with Gasteiger partial charge >= 0.3 is 0 Å². The lowest BCUT2D eigenvalue weighted by atomic mass is 9.73. The third-order valence-electron chi connectivity index (χ3n) is 5.67. The Bertz CT molecular complexity index is 476. The molecule has 0 amide bonds. The zero-order valence-corrected chi connectivity index (χ0v) is 13.6. The summed E-state index contributed by atoms with van der Waals surface area (Å²) in [6.07, 6.45) is 6.55. The summed E-state index contributed by atoms with van der Waals surface area (Å²) < 4.78 is 5.48. The van der Waals surface area contributed by atoms with Crippen molar-refractivity contribution in [2.24, 2.45) is 0 Å². The second-order valence-corrected chi connectivity index (χ2v) is 6.96. The largest absolute Gasteiger partial charge is 0.496 e. The van der Waals surface area contributed by atoms with E-state index in [9.17, 15) is 0 Å². The van der Waals surface area contributed by atoms with Crippen LogP contribution >= 0.6 is 0 Å². The zero-order chi connectivity index (χ0) is 14.9. The minimum Gasteiger partial charge on any atom is -0.496 e. The Morgan fingerprint density at radius 3 is 2.52 bits per heavy atom. The average molecular weight is 288 g/mol. The molecule has 2 aliphatic carbocycles. The maximum absolute atomic E-state index is 5.48. The van der Waals surface area contributed by atoms with Crippen LogP contribution in [0.4, 0.5) is 0 Å². The Morgan fingerprint density at radius 2 is 1.95 bits per heavy atom. The highest BCUT2D eigenvalue weighted by Gasteiger charge is 2.40. The molecule has 0 unspecified atom stereocenters. The van der Waals surface area contributed by atoms with Crippen LogP contribution in [-0.2, 0) is 0 Å². The van der Waals surface area contributed by atoms with E-state index >= 15 is 0 Å². The maximum Gasteiger partial charge on any atom is 0.122 e. The first kappa shape index (κ1) is 14.9. The SMILES string of the molecule is COc1ccccc1C1CC(NCC2(N(C)C)CCC2)C1. The Balaban J connectivity index is 1.50. The van der Waals surface area contributed by atoms with Crippen molar-refractivity contribution in [1.29, 1.82) is 0 Å². The van der Waals surface area contributed by atoms with Gasteiger partial charge in [0, 0.05) is 18.1 Å². The van der Waals surface area contributed by atoms with Crippen molar-refractivity contribution < 1.29 is 4.74 Å². The molecule has 0 heterocycles. The molecular formula is C18H28N2O. The van der Waals surface area contributed by atoms with Crippen molar-refractivity contribution in [1.82, 2.24) is 10.2 Å². The Hall–Kier alpha value is -1.06. The fourth-order valence-electron chi connectivity index (χ4n) is 3.74. The molecule has 0 aromatic heterocycles. The van der Waals surface area contributed by atoms with E-state index in [0.717, 1.165) is 12.3 Å². The summed E-state index contributed by atoms with van der Waals surface area (Å²) in [4.78, 5) is 2.42. The van der Waals surface area contributed by atoms with Gasteiger partial charge in [-0.05, 0) is 63.7 Å². The summed E-state index contributed by atoms with van der Waals surface area (Å²) in [5.74, 6) is 1.71. The molecule has 3 nitrogen and oxygen atoms in total. The van der Waals surface area contributed by atoms with Crippen LogP contribution in [0.25, 0.3) is 0 Å². The number of hydrogen-bond acceptors (Lipinski definition) is 3. The number of likely N-dealkylation sites (N-methyl/N-ethyl adjacent to an activating group) is 1. The molecule has 1 aromatic rings. The highest BCUT2D eigenvalue weighted by Crippen LogP contribution is 2.42. The predicted molar refractivity (Wildman–Crippen MR) is 87.0 cm³/mol. The van der Waals surface area contributed by atoms with Crippen molar-refractivity contribution in [2.45, 2.75) is 49.6 Å². The summed E-state index contributed by atoms with van der Waals surface area (Å²) in [6, 6.07) is 9.14. The Kier molecular flexibility index (Phi) is 4.23. The normalized spacial score (nSPS) is 27.0. The van der Waals surface area contributed by atoms with Gasteiger partial charge in [-0.2, -0.15) is 0 Å². The highest BCUT2D eigenvalue weighted by atomic mass is 16.5. The molecule has 0 bridgehead atoms. The molecule has 1 aromatic carbocycles. The summed E-state index contributed by atoms with van der Waals surface area (Å²) in [6.45, 7) is 1.14. The molecule has 2 fully saturated rings. The Morgan fingerprint density at radius 1 is 1.24 bits per heavy atom. The van der Waals surface area contributed by atoms with E-state index < -0.39 is 0 Å². The van der Waals surface area contributed by atoms with E-state index in [4.69, 9.17) is 4.74 Å². The molecular weight excluding hydrogens is 260 g/mol. The number of rotatable bonds is 6. The fraction of sp³-hybridized carbons (Fsp3) is 0.667. The predicted octanol–water partition coefficient (Wildman–Crippen LogP) is 3.02. The molecule has 0 spiro atoms. The Labute approximate surface area is 128 Å². The lowest BCUT2D eigenvalue weighted by Crippen LogP contribution is -2.58. The van der Waals surface area contributed by atoms with E-state index in [1.165, 1.54) is 37.7 Å². The molecule has 116 valence electrons. The van der Waals surface area contributed by atoms with E-state index in [2.05, 4.69) is 42.5 Å². The number of para-hydroxylation sites is 1. The van der Waals surface area contributed by atoms with Gasteiger partial charge in [-0.3, -0.25) is 0 Å². The van der Waals surface area contributed by atoms with Gasteiger partial charge in [-0.1, -0.05) is 18.2 Å². The molecule has 0 atom stereocenters. The van der Waals surface area contributed by atoms with E-state index in [1.54, 1.807) is 7.11 Å². The first-order valence-electron chi connectivity index (χ1n) is 8.18. The minimum atomic E-state index is 0.426. The molecule has 3 rings (SSSR count). The number of ether oxygens (including phenoxy) is 1. The summed E-state index contributed by atoms with van der Waals surface area (Å²) in [5, 5.41) is 3.80. The van der Waals surface area contributed by atoms with Crippen LogP contribution in [0, 0.1) is 0 Å². The van der Waals surface area contributed by atoms with Gasteiger partial charge in [0.1, 0.15) is 5.75 Å². The second kappa shape index (κ2) is 5.98. The number of nitrogens with one attached hydrogen (secondary N) is 1. The number of benzene rings is 1. The van der Waals surface area contributed by atoms with Gasteiger partial charge < -0.3 is 15.0 Å². The molecule has 2 aliphatic rings. The maximum atomic E-state index is 5.48. The van der Waals surface area contributed by atoms with E-state index in [1.807, 2.05) is 6.07 Å². The quantitative estimate of drug-likeness (QED) is 0.871. The van der Waals surface area contributed by atoms with Crippen LogP contribution in [0.15, 0.2) is 24.3 Å². The van der Waals surface area contributed by atoms with Crippen LogP contribution in [0.5, 0.6) is 5.75 Å². The minimum absolute atomic E-state index is 0.426. The molecule has 3 heteroatoms. The van der Waals surface area contributed by atoms with Crippen molar-refractivity contribution >= 4 is 0 Å². The van der Waals surface area contributed by atoms with Gasteiger partial charge in [0.25, 0.3) is 0 Å². The van der Waals surface area contributed by atoms with Gasteiger partial charge in [0.2, 0.25) is 0 Å². The summed E-state index contributed by atoms with van der Waals surface area (Å²) in [5.41, 5.74) is 1.80. The number of nitrogens with zero attached hydrogens (tertiary/aromatic N) is 1. The van der Waals surface area contributed by atoms with Crippen LogP contribution in [-0.4, -0.2) is 44.2 Å². The van der Waals surface area contributed by atoms with Gasteiger partial charge in [-0.25, -0.2) is 0 Å². The molecule has 2 saturated carbocycles. The molecule has 1 N–H and O–H groups in total. The topological polar surface area (TPSA) is 24.5 Å². The number of methoxy groups -OCH3 is 1. The van der Waals surface area contributed by atoms with Crippen molar-refractivity contribution in [3.05, 3.63) is 29.8 Å². The van der Waals surface area contributed by atoms with E-state index in [-0.39, 0.29) is 0 Å². The second-order valence-electron chi connectivity index (χ2n) is 6.96. The molecule has 21 heavy (non-hydrogen) atoms. The average Bonchev–Trinajstić information content (AvgIpc) is 2.39. The van der Waals surface area contributed by atoms with Crippen LogP contribution in [0.1, 0.15) is 43.6 Å². The summed E-state index contributed by atoms with van der Waals surface area (Å²) >= 11 is 0. The van der Waals surface area contributed by atoms with Crippen molar-refractivity contribution in [3.8, 4) is 5.75 Å². The lowest BCUT2D eigenvalue weighted by molar-refractivity contribution is 0.0524. The monoisotopic (exact) mass is 288 g/mol. The van der Waals surface area contributed by atoms with Crippen LogP contribution in [0.2, 0.25) is 0 Å². The number of hydrogen-bond donors (Lipinski definition) is 1. The molecule has 0 saturated heterocycles. The third kappa shape index (κ3) is 2.82.